The topological polar surface area (TPSA) is 134 Å². The van der Waals surface area contributed by atoms with E-state index in [2.05, 4.69) is 10.3 Å². The molecular weight excluding hydrogens is 358 g/mol. The van der Waals surface area contributed by atoms with E-state index in [0.717, 1.165) is 22.5 Å². The molecule has 0 aliphatic rings. The third kappa shape index (κ3) is 4.17. The van der Waals surface area contributed by atoms with Crippen molar-refractivity contribution >= 4 is 28.7 Å². The summed E-state index contributed by atoms with van der Waals surface area (Å²) in [7, 11) is 1.90. The highest BCUT2D eigenvalue weighted by atomic mass is 16.4. The molecule has 3 rings (SSSR count). The van der Waals surface area contributed by atoms with E-state index in [-0.39, 0.29) is 24.6 Å². The number of hydrogen-bond acceptors (Lipinski definition) is 4. The average Bonchev–Trinajstić information content (AvgIpc) is 3.01. The van der Waals surface area contributed by atoms with Crippen molar-refractivity contribution in [1.82, 2.24) is 14.9 Å². The normalized spacial score (nSPS) is 10.8. The summed E-state index contributed by atoms with van der Waals surface area (Å²) in [4.78, 5) is 27.5. The number of aliphatic carboxylic acids is 1. The van der Waals surface area contributed by atoms with Crippen molar-refractivity contribution in [3.63, 3.8) is 0 Å². The first-order valence-corrected chi connectivity index (χ1v) is 8.74. The summed E-state index contributed by atoms with van der Waals surface area (Å²) in [6, 6.07) is 13.0. The Morgan fingerprint density at radius 2 is 1.89 bits per heavy atom. The van der Waals surface area contributed by atoms with E-state index in [9.17, 15) is 9.59 Å². The van der Waals surface area contributed by atoms with Gasteiger partial charge in [0.15, 0.2) is 11.7 Å². The molecule has 0 saturated carbocycles. The minimum absolute atomic E-state index is 0.0315. The molecule has 0 radical (unpaired) electrons. The van der Waals surface area contributed by atoms with Gasteiger partial charge in [0.2, 0.25) is 0 Å². The Labute approximate surface area is 161 Å². The van der Waals surface area contributed by atoms with Crippen molar-refractivity contribution in [1.29, 1.82) is 5.41 Å². The minimum Gasteiger partial charge on any atom is -0.481 e. The van der Waals surface area contributed by atoms with Crippen molar-refractivity contribution in [2.75, 3.05) is 0 Å². The molecule has 8 heteroatoms. The first kappa shape index (κ1) is 19.1. The van der Waals surface area contributed by atoms with E-state index in [1.54, 1.807) is 12.1 Å². The van der Waals surface area contributed by atoms with Gasteiger partial charge in [0.25, 0.3) is 0 Å². The van der Waals surface area contributed by atoms with Crippen molar-refractivity contribution in [2.24, 2.45) is 12.8 Å². The number of imidazole rings is 1. The van der Waals surface area contributed by atoms with Crippen molar-refractivity contribution in [3.8, 4) is 11.4 Å². The maximum Gasteiger partial charge on any atom is 0.303 e. The van der Waals surface area contributed by atoms with E-state index >= 15 is 0 Å². The Balaban J connectivity index is 1.86. The lowest BCUT2D eigenvalue weighted by Crippen LogP contribution is -2.29. The van der Waals surface area contributed by atoms with Crippen molar-refractivity contribution < 1.29 is 14.7 Å². The van der Waals surface area contributed by atoms with Crippen LogP contribution < -0.4 is 11.1 Å². The fraction of sp³-hybridized carbons (Fsp3) is 0.200. The Bertz CT molecular complexity index is 1050. The number of aromatic nitrogens is 2. The number of nitrogens with two attached hydrogens (primary N) is 1. The molecule has 5 N–H and O–H groups in total. The molecule has 1 aromatic heterocycles. The highest BCUT2D eigenvalue weighted by molar-refractivity contribution is 6.00. The third-order valence-electron chi connectivity index (χ3n) is 4.46. The molecule has 3 aromatic rings. The number of aryl methyl sites for hydroxylation is 1. The molecule has 144 valence electrons. The highest BCUT2D eigenvalue weighted by Crippen LogP contribution is 2.25. The summed E-state index contributed by atoms with van der Waals surface area (Å²) in [6.07, 6.45) is -0.217. The largest absolute Gasteiger partial charge is 0.481 e. The first-order valence-electron chi connectivity index (χ1n) is 8.74. The van der Waals surface area contributed by atoms with Gasteiger partial charge >= 0.3 is 5.97 Å². The molecule has 0 bridgehead atoms. The second kappa shape index (κ2) is 7.91. The maximum atomic E-state index is 12.2. The summed E-state index contributed by atoms with van der Waals surface area (Å²) in [5, 5.41) is 18.7. The number of Topliss-reactive ketones (excluding diaryl/α,β-unsaturated/α-hetero) is 1. The molecule has 0 amide bonds. The van der Waals surface area contributed by atoms with Crippen LogP contribution in [-0.4, -0.2) is 32.4 Å². The lowest BCUT2D eigenvalue weighted by Gasteiger charge is -2.06. The van der Waals surface area contributed by atoms with Crippen LogP contribution in [0.5, 0.6) is 0 Å². The maximum absolute atomic E-state index is 12.2. The predicted octanol–water partition coefficient (Wildman–Crippen LogP) is 2.27. The summed E-state index contributed by atoms with van der Waals surface area (Å²) in [5.41, 5.74) is 9.23. The number of rotatable bonds is 7. The lowest BCUT2D eigenvalue weighted by atomic mass is 10.1. The molecule has 0 spiro atoms. The van der Waals surface area contributed by atoms with Gasteiger partial charge in [0.1, 0.15) is 5.82 Å². The number of fused-ring (bicyclic) bond motifs is 1. The molecule has 0 fully saturated rings. The zero-order valence-corrected chi connectivity index (χ0v) is 15.4. The summed E-state index contributed by atoms with van der Waals surface area (Å²) in [6.45, 7) is 0.472. The van der Waals surface area contributed by atoms with Crippen LogP contribution in [0, 0.1) is 5.41 Å². The van der Waals surface area contributed by atoms with Gasteiger partial charge in [0.05, 0.1) is 17.5 Å². The van der Waals surface area contributed by atoms with E-state index in [4.69, 9.17) is 16.2 Å². The van der Waals surface area contributed by atoms with Gasteiger partial charge in [-0.2, -0.15) is 0 Å². The molecule has 0 atom stereocenters. The van der Waals surface area contributed by atoms with Gasteiger partial charge in [-0.1, -0.05) is 24.3 Å². The smallest absolute Gasteiger partial charge is 0.303 e. The molecule has 28 heavy (non-hydrogen) atoms. The van der Waals surface area contributed by atoms with Gasteiger partial charge in [-0.25, -0.2) is 4.98 Å². The van der Waals surface area contributed by atoms with Crippen LogP contribution in [0.1, 0.15) is 28.8 Å². The van der Waals surface area contributed by atoms with E-state index in [1.165, 1.54) is 0 Å². The van der Waals surface area contributed by atoms with Crippen LogP contribution in [0.15, 0.2) is 42.5 Å². The van der Waals surface area contributed by atoms with Crippen molar-refractivity contribution in [3.05, 3.63) is 53.6 Å². The van der Waals surface area contributed by atoms with Gasteiger partial charge in [-0.15, -0.1) is 0 Å². The summed E-state index contributed by atoms with van der Waals surface area (Å²) in [5.74, 6) is -0.514. The molecular formula is C20H21N5O3. The second-order valence-electron chi connectivity index (χ2n) is 6.48. The van der Waals surface area contributed by atoms with Crippen LogP contribution in [-0.2, 0) is 18.4 Å². The molecule has 0 aliphatic carbocycles. The third-order valence-corrected chi connectivity index (χ3v) is 4.46. The minimum atomic E-state index is -0.989. The van der Waals surface area contributed by atoms with Gasteiger partial charge < -0.3 is 20.7 Å². The number of benzene rings is 2. The first-order chi connectivity index (χ1) is 13.3. The van der Waals surface area contributed by atoms with Gasteiger partial charge in [-0.05, 0) is 23.8 Å². The van der Waals surface area contributed by atoms with Gasteiger partial charge in [0, 0.05) is 31.1 Å². The quantitative estimate of drug-likeness (QED) is 0.283. The number of ketones is 1. The molecule has 2 aromatic carbocycles. The lowest BCUT2D eigenvalue weighted by molar-refractivity contribution is -0.136. The fourth-order valence-electron chi connectivity index (χ4n) is 2.97. The van der Waals surface area contributed by atoms with E-state index in [1.807, 2.05) is 41.9 Å². The molecule has 0 aliphatic heterocycles. The average molecular weight is 379 g/mol. The number of carboxylic acid groups (broad SMARTS) is 1. The number of nitrogens with zero attached hydrogens (tertiary/aromatic N) is 2. The van der Waals surface area contributed by atoms with E-state index in [0.29, 0.717) is 17.6 Å². The zero-order valence-electron chi connectivity index (χ0n) is 15.4. The number of guanidine groups is 1. The number of carbonyl (C=O) groups is 2. The fourth-order valence-corrected chi connectivity index (χ4v) is 2.97. The number of hydrogen-bond donors (Lipinski definition) is 4. The molecule has 1 heterocycles. The predicted molar refractivity (Wildman–Crippen MR) is 106 cm³/mol. The summed E-state index contributed by atoms with van der Waals surface area (Å²) < 4.78 is 1.95. The SMILES string of the molecule is Cn1c(-c2ccc(CNC(=N)N)cc2)nc2cc(C(=O)CCC(=O)O)ccc21. The molecule has 8 nitrogen and oxygen atoms in total. The molecule has 0 unspecified atom stereocenters. The monoisotopic (exact) mass is 379 g/mol. The Morgan fingerprint density at radius 1 is 1.18 bits per heavy atom. The summed E-state index contributed by atoms with van der Waals surface area (Å²) >= 11 is 0. The second-order valence-corrected chi connectivity index (χ2v) is 6.48. The van der Waals surface area contributed by atoms with Gasteiger partial charge in [-0.3, -0.25) is 15.0 Å². The number of carboxylic acids is 1. The van der Waals surface area contributed by atoms with Crippen LogP contribution in [0.3, 0.4) is 0 Å². The standard InChI is InChI=1S/C20H21N5O3/c1-25-16-7-6-14(17(26)8-9-18(27)28)10-15(16)24-19(25)13-4-2-12(3-5-13)11-23-20(21)22/h2-7,10H,8-9,11H2,1H3,(H,27,28)(H4,21,22,23). The number of carbonyl (C=O) groups excluding carboxylic acids is 1. The van der Waals surface area contributed by atoms with Crippen LogP contribution in [0.25, 0.3) is 22.4 Å². The Hall–Kier alpha value is -3.68. The van der Waals surface area contributed by atoms with Crippen LogP contribution in [0.2, 0.25) is 0 Å². The number of nitrogens with one attached hydrogen (secondary N) is 2. The Morgan fingerprint density at radius 3 is 2.54 bits per heavy atom. The van der Waals surface area contributed by atoms with Crippen LogP contribution in [0.4, 0.5) is 0 Å². The van der Waals surface area contributed by atoms with E-state index < -0.39 is 5.97 Å². The van der Waals surface area contributed by atoms with Crippen molar-refractivity contribution in [2.45, 2.75) is 19.4 Å². The Kier molecular flexibility index (Phi) is 5.39. The highest BCUT2D eigenvalue weighted by Gasteiger charge is 2.14. The zero-order chi connectivity index (χ0) is 20.3. The molecule has 0 saturated heterocycles. The van der Waals surface area contributed by atoms with Crippen LogP contribution >= 0.6 is 0 Å².